The molecule has 16 heavy (non-hydrogen) atoms. The van der Waals surface area contributed by atoms with Crippen molar-refractivity contribution in [3.05, 3.63) is 0 Å². The van der Waals surface area contributed by atoms with Crippen LogP contribution in [0.4, 0.5) is 0 Å². The van der Waals surface area contributed by atoms with Crippen LogP contribution in [0.1, 0.15) is 46.5 Å². The molecule has 1 saturated heterocycles. The van der Waals surface area contributed by atoms with Gasteiger partial charge in [0.15, 0.2) is 0 Å². The molecule has 0 spiro atoms. The summed E-state index contributed by atoms with van der Waals surface area (Å²) >= 11 is 0. The van der Waals surface area contributed by atoms with Crippen molar-refractivity contribution in [2.75, 3.05) is 19.6 Å². The van der Waals surface area contributed by atoms with Crippen molar-refractivity contribution in [3.8, 4) is 0 Å². The van der Waals surface area contributed by atoms with Crippen LogP contribution < -0.4 is 5.32 Å². The van der Waals surface area contributed by atoms with Crippen molar-refractivity contribution in [2.24, 2.45) is 5.92 Å². The molecule has 1 rings (SSSR count). The van der Waals surface area contributed by atoms with Crippen LogP contribution in [0.5, 0.6) is 0 Å². The second-order valence-electron chi connectivity index (χ2n) is 4.87. The molecule has 1 heterocycles. The lowest BCUT2D eigenvalue weighted by Gasteiger charge is -2.33. The fourth-order valence-corrected chi connectivity index (χ4v) is 2.48. The van der Waals surface area contributed by atoms with Gasteiger partial charge in [0, 0.05) is 25.0 Å². The van der Waals surface area contributed by atoms with Crippen molar-refractivity contribution in [1.82, 2.24) is 10.2 Å². The van der Waals surface area contributed by atoms with Gasteiger partial charge in [0.05, 0.1) is 0 Å². The van der Waals surface area contributed by atoms with Crippen LogP contribution in [-0.4, -0.2) is 36.5 Å². The third-order valence-corrected chi connectivity index (χ3v) is 3.37. The maximum Gasteiger partial charge on any atom is 0.225 e. The zero-order valence-electron chi connectivity index (χ0n) is 11.0. The largest absolute Gasteiger partial charge is 0.341 e. The highest BCUT2D eigenvalue weighted by Crippen LogP contribution is 2.17. The third-order valence-electron chi connectivity index (χ3n) is 3.37. The minimum absolute atomic E-state index is 0.234. The Morgan fingerprint density at radius 3 is 2.88 bits per heavy atom. The Bertz CT molecular complexity index is 212. The lowest BCUT2D eigenvalue weighted by Crippen LogP contribution is -2.47. The van der Waals surface area contributed by atoms with Crippen LogP contribution >= 0.6 is 0 Å². The van der Waals surface area contributed by atoms with Gasteiger partial charge < -0.3 is 10.2 Å². The van der Waals surface area contributed by atoms with Crippen LogP contribution in [0, 0.1) is 5.92 Å². The molecule has 2 atom stereocenters. The molecule has 0 aromatic carbocycles. The van der Waals surface area contributed by atoms with Gasteiger partial charge in [-0.1, -0.05) is 27.2 Å². The molecule has 3 heteroatoms. The number of amides is 1. The quantitative estimate of drug-likeness (QED) is 0.751. The fourth-order valence-electron chi connectivity index (χ4n) is 2.48. The van der Waals surface area contributed by atoms with E-state index in [1.165, 1.54) is 6.42 Å². The molecule has 1 amide bonds. The van der Waals surface area contributed by atoms with Gasteiger partial charge in [-0.15, -0.1) is 0 Å². The molecule has 0 aromatic heterocycles. The van der Waals surface area contributed by atoms with E-state index in [1.807, 2.05) is 0 Å². The topological polar surface area (TPSA) is 32.3 Å². The lowest BCUT2D eigenvalue weighted by molar-refractivity contribution is -0.138. The number of likely N-dealkylation sites (tertiary alicyclic amines) is 1. The molecule has 0 bridgehead atoms. The van der Waals surface area contributed by atoms with Gasteiger partial charge in [-0.25, -0.2) is 0 Å². The zero-order valence-corrected chi connectivity index (χ0v) is 11.0. The maximum absolute atomic E-state index is 12.0. The number of carbonyl (C=O) groups is 1. The average Bonchev–Trinajstić information content (AvgIpc) is 2.25. The highest BCUT2D eigenvalue weighted by atomic mass is 16.2. The molecule has 2 unspecified atom stereocenters. The Labute approximate surface area is 99.6 Å². The Morgan fingerprint density at radius 2 is 2.25 bits per heavy atom. The number of piperidine rings is 1. The van der Waals surface area contributed by atoms with Crippen LogP contribution in [0.2, 0.25) is 0 Å². The molecule has 0 saturated carbocycles. The van der Waals surface area contributed by atoms with E-state index in [4.69, 9.17) is 0 Å². The Hall–Kier alpha value is -0.570. The predicted octanol–water partition coefficient (Wildman–Crippen LogP) is 2.02. The molecule has 3 nitrogen and oxygen atoms in total. The van der Waals surface area contributed by atoms with Crippen LogP contribution in [0.25, 0.3) is 0 Å². The predicted molar refractivity (Wildman–Crippen MR) is 67.4 cm³/mol. The van der Waals surface area contributed by atoms with Crippen LogP contribution in [-0.2, 0) is 4.79 Å². The molecule has 0 aliphatic carbocycles. The van der Waals surface area contributed by atoms with Crippen LogP contribution in [0.15, 0.2) is 0 Å². The first-order valence-electron chi connectivity index (χ1n) is 6.71. The van der Waals surface area contributed by atoms with Crippen molar-refractivity contribution >= 4 is 5.91 Å². The van der Waals surface area contributed by atoms with Gasteiger partial charge in [0.1, 0.15) is 0 Å². The summed E-state index contributed by atoms with van der Waals surface area (Å²) in [6, 6.07) is 0.476. The molecule has 94 valence electrons. The van der Waals surface area contributed by atoms with Gasteiger partial charge in [0.25, 0.3) is 0 Å². The summed E-state index contributed by atoms with van der Waals surface area (Å²) in [6.45, 7) is 9.22. The SMILES string of the molecule is CCCC(CN1CCCC(C)C1=O)NCC. The summed E-state index contributed by atoms with van der Waals surface area (Å²) < 4.78 is 0. The van der Waals surface area contributed by atoms with Gasteiger partial charge in [-0.2, -0.15) is 0 Å². The standard InChI is InChI=1S/C13H26N2O/c1-4-7-12(14-5-2)10-15-9-6-8-11(3)13(15)16/h11-12,14H,4-10H2,1-3H3. The number of nitrogens with zero attached hydrogens (tertiary/aromatic N) is 1. The monoisotopic (exact) mass is 226 g/mol. The third kappa shape index (κ3) is 3.78. The molecule has 0 aromatic rings. The van der Waals surface area contributed by atoms with E-state index in [0.29, 0.717) is 11.9 Å². The number of carbonyl (C=O) groups excluding carboxylic acids is 1. The first-order valence-corrected chi connectivity index (χ1v) is 6.71. The minimum Gasteiger partial charge on any atom is -0.341 e. The van der Waals surface area contributed by atoms with E-state index >= 15 is 0 Å². The summed E-state index contributed by atoms with van der Waals surface area (Å²) in [5.74, 6) is 0.586. The molecule has 0 radical (unpaired) electrons. The summed E-state index contributed by atoms with van der Waals surface area (Å²) in [7, 11) is 0. The van der Waals surface area contributed by atoms with E-state index in [1.54, 1.807) is 0 Å². The Morgan fingerprint density at radius 1 is 1.50 bits per heavy atom. The maximum atomic E-state index is 12.0. The van der Waals surface area contributed by atoms with Gasteiger partial charge in [0.2, 0.25) is 5.91 Å². The lowest BCUT2D eigenvalue weighted by atomic mass is 9.98. The highest BCUT2D eigenvalue weighted by molar-refractivity contribution is 5.79. The Balaban J connectivity index is 2.45. The molecular formula is C13H26N2O. The zero-order chi connectivity index (χ0) is 12.0. The second kappa shape index (κ2) is 6.89. The van der Waals surface area contributed by atoms with E-state index in [-0.39, 0.29) is 5.92 Å². The molecular weight excluding hydrogens is 200 g/mol. The fraction of sp³-hybridized carbons (Fsp3) is 0.923. The van der Waals surface area contributed by atoms with Crippen LogP contribution in [0.3, 0.4) is 0 Å². The van der Waals surface area contributed by atoms with Crippen molar-refractivity contribution in [3.63, 3.8) is 0 Å². The summed E-state index contributed by atoms with van der Waals surface area (Å²) in [4.78, 5) is 14.0. The average molecular weight is 226 g/mol. The van der Waals surface area contributed by atoms with E-state index in [0.717, 1.165) is 38.9 Å². The molecule has 1 N–H and O–H groups in total. The summed E-state index contributed by atoms with van der Waals surface area (Å²) in [5.41, 5.74) is 0. The first-order chi connectivity index (χ1) is 7.69. The Kier molecular flexibility index (Phi) is 5.81. The molecule has 1 fully saturated rings. The number of hydrogen-bond acceptors (Lipinski definition) is 2. The van der Waals surface area contributed by atoms with Gasteiger partial charge >= 0.3 is 0 Å². The van der Waals surface area contributed by atoms with E-state index in [9.17, 15) is 4.79 Å². The number of nitrogens with one attached hydrogen (secondary N) is 1. The second-order valence-corrected chi connectivity index (χ2v) is 4.87. The van der Waals surface area contributed by atoms with Crippen molar-refractivity contribution in [2.45, 2.75) is 52.5 Å². The molecule has 1 aliphatic heterocycles. The smallest absolute Gasteiger partial charge is 0.225 e. The van der Waals surface area contributed by atoms with Crippen molar-refractivity contribution in [1.29, 1.82) is 0 Å². The number of likely N-dealkylation sites (N-methyl/N-ethyl adjacent to an activating group) is 1. The van der Waals surface area contributed by atoms with E-state index in [2.05, 4.69) is 31.0 Å². The van der Waals surface area contributed by atoms with E-state index < -0.39 is 0 Å². The summed E-state index contributed by atoms with van der Waals surface area (Å²) in [5, 5.41) is 3.47. The highest BCUT2D eigenvalue weighted by Gasteiger charge is 2.26. The summed E-state index contributed by atoms with van der Waals surface area (Å²) in [6.07, 6.45) is 4.56. The van der Waals surface area contributed by atoms with Gasteiger partial charge in [-0.3, -0.25) is 4.79 Å². The van der Waals surface area contributed by atoms with Crippen molar-refractivity contribution < 1.29 is 4.79 Å². The minimum atomic E-state index is 0.234. The van der Waals surface area contributed by atoms with Gasteiger partial charge in [-0.05, 0) is 25.8 Å². The normalized spacial score (nSPS) is 23.6. The number of rotatable bonds is 6. The number of hydrogen-bond donors (Lipinski definition) is 1. The molecule has 1 aliphatic rings. The first kappa shape index (κ1) is 13.5.